The Labute approximate surface area is 149 Å². The molecule has 0 aliphatic rings. The highest BCUT2D eigenvalue weighted by Crippen LogP contribution is 2.44. The van der Waals surface area contributed by atoms with Crippen LogP contribution in [0, 0.1) is 5.92 Å². The largest absolute Gasteiger partial charge is 0.493 e. The van der Waals surface area contributed by atoms with E-state index in [1.54, 1.807) is 0 Å². The SMILES string of the molecule is COc1cc(C(=O)NC(CC(C)C)C(=O)O)c(Br)c(OC)c1OC. The van der Waals surface area contributed by atoms with Gasteiger partial charge in [-0.1, -0.05) is 13.8 Å². The lowest BCUT2D eigenvalue weighted by Gasteiger charge is -2.19. The van der Waals surface area contributed by atoms with Crippen molar-refractivity contribution in [3.63, 3.8) is 0 Å². The minimum atomic E-state index is -1.08. The fourth-order valence-corrected chi connectivity index (χ4v) is 2.85. The molecule has 1 atom stereocenters. The Balaban J connectivity index is 3.25. The smallest absolute Gasteiger partial charge is 0.326 e. The Kier molecular flexibility index (Phi) is 7.34. The standard InChI is InChI=1S/C16H22BrNO6/c1-8(2)6-10(16(20)21)18-15(19)9-7-11(22-3)13(23-4)14(24-5)12(9)17/h7-8,10H,6H2,1-5H3,(H,18,19)(H,20,21). The normalized spacial score (nSPS) is 11.8. The van der Waals surface area contributed by atoms with E-state index in [9.17, 15) is 14.7 Å². The number of carbonyl (C=O) groups is 2. The summed E-state index contributed by atoms with van der Waals surface area (Å²) in [6, 6.07) is 0.484. The Morgan fingerprint density at radius 2 is 1.75 bits per heavy atom. The highest BCUT2D eigenvalue weighted by atomic mass is 79.9. The fourth-order valence-electron chi connectivity index (χ4n) is 2.22. The van der Waals surface area contributed by atoms with E-state index in [1.807, 2.05) is 13.8 Å². The predicted molar refractivity (Wildman–Crippen MR) is 92.1 cm³/mol. The molecule has 1 rings (SSSR count). The number of halogens is 1. The number of methoxy groups -OCH3 is 3. The number of ether oxygens (including phenoxy) is 3. The summed E-state index contributed by atoms with van der Waals surface area (Å²) in [5.74, 6) is -0.582. The summed E-state index contributed by atoms with van der Waals surface area (Å²) in [6.45, 7) is 3.77. The van der Waals surface area contributed by atoms with E-state index >= 15 is 0 Å². The molecule has 1 amide bonds. The lowest BCUT2D eigenvalue weighted by atomic mass is 10.0. The maximum Gasteiger partial charge on any atom is 0.326 e. The van der Waals surface area contributed by atoms with Gasteiger partial charge in [-0.15, -0.1) is 0 Å². The third-order valence-corrected chi connectivity index (χ3v) is 4.11. The number of carboxylic acid groups (broad SMARTS) is 1. The van der Waals surface area contributed by atoms with Crippen LogP contribution < -0.4 is 19.5 Å². The van der Waals surface area contributed by atoms with Crippen LogP contribution in [0.1, 0.15) is 30.6 Å². The lowest BCUT2D eigenvalue weighted by Crippen LogP contribution is -2.41. The molecule has 0 fully saturated rings. The van der Waals surface area contributed by atoms with E-state index in [0.29, 0.717) is 22.4 Å². The van der Waals surface area contributed by atoms with E-state index in [4.69, 9.17) is 14.2 Å². The van der Waals surface area contributed by atoms with Crippen LogP contribution in [0.2, 0.25) is 0 Å². The number of benzene rings is 1. The second-order valence-corrected chi connectivity index (χ2v) is 6.29. The first-order valence-electron chi connectivity index (χ1n) is 7.28. The summed E-state index contributed by atoms with van der Waals surface area (Å²) in [5.41, 5.74) is 0.194. The van der Waals surface area contributed by atoms with Crippen molar-refractivity contribution in [3.8, 4) is 17.2 Å². The van der Waals surface area contributed by atoms with Crippen LogP contribution >= 0.6 is 15.9 Å². The van der Waals surface area contributed by atoms with Crippen molar-refractivity contribution >= 4 is 27.8 Å². The average Bonchev–Trinajstić information content (AvgIpc) is 2.52. The highest BCUT2D eigenvalue weighted by molar-refractivity contribution is 9.10. The number of carboxylic acids is 1. The van der Waals surface area contributed by atoms with Gasteiger partial charge >= 0.3 is 5.97 Å². The molecule has 8 heteroatoms. The number of carbonyl (C=O) groups excluding carboxylic acids is 1. The molecule has 0 bridgehead atoms. The third kappa shape index (κ3) is 4.53. The molecule has 0 spiro atoms. The molecule has 0 radical (unpaired) electrons. The second kappa shape index (κ2) is 8.77. The third-order valence-electron chi connectivity index (χ3n) is 3.32. The van der Waals surface area contributed by atoms with Crippen molar-refractivity contribution in [3.05, 3.63) is 16.1 Å². The molecule has 2 N–H and O–H groups in total. The van der Waals surface area contributed by atoms with Crippen LogP contribution in [-0.2, 0) is 4.79 Å². The van der Waals surface area contributed by atoms with Gasteiger partial charge in [-0.25, -0.2) is 4.79 Å². The Morgan fingerprint density at radius 3 is 2.17 bits per heavy atom. The Bertz CT molecular complexity index is 617. The lowest BCUT2D eigenvalue weighted by molar-refractivity contribution is -0.139. The first-order chi connectivity index (χ1) is 11.3. The molecular formula is C16H22BrNO6. The van der Waals surface area contributed by atoms with Gasteiger partial charge in [0.1, 0.15) is 6.04 Å². The molecule has 0 saturated carbocycles. The fraction of sp³-hybridized carbons (Fsp3) is 0.500. The molecule has 0 aliphatic heterocycles. The first-order valence-corrected chi connectivity index (χ1v) is 8.08. The summed E-state index contributed by atoms with van der Waals surface area (Å²) < 4.78 is 16.1. The minimum Gasteiger partial charge on any atom is -0.493 e. The summed E-state index contributed by atoms with van der Waals surface area (Å²) in [4.78, 5) is 23.9. The van der Waals surface area contributed by atoms with Crippen molar-refractivity contribution in [1.82, 2.24) is 5.32 Å². The zero-order chi connectivity index (χ0) is 18.4. The van der Waals surface area contributed by atoms with Crippen molar-refractivity contribution < 1.29 is 28.9 Å². The zero-order valence-corrected chi connectivity index (χ0v) is 15.9. The molecule has 134 valence electrons. The van der Waals surface area contributed by atoms with Gasteiger partial charge in [0.25, 0.3) is 5.91 Å². The molecule has 0 saturated heterocycles. The quantitative estimate of drug-likeness (QED) is 0.692. The molecule has 0 aromatic heterocycles. The van der Waals surface area contributed by atoms with Gasteiger partial charge in [0.15, 0.2) is 11.5 Å². The number of hydrogen-bond donors (Lipinski definition) is 2. The van der Waals surface area contributed by atoms with Gasteiger partial charge in [0.2, 0.25) is 5.75 Å². The van der Waals surface area contributed by atoms with Crippen molar-refractivity contribution in [2.24, 2.45) is 5.92 Å². The monoisotopic (exact) mass is 403 g/mol. The van der Waals surface area contributed by atoms with Gasteiger partial charge < -0.3 is 24.6 Å². The zero-order valence-electron chi connectivity index (χ0n) is 14.3. The van der Waals surface area contributed by atoms with Crippen molar-refractivity contribution in [1.29, 1.82) is 0 Å². The van der Waals surface area contributed by atoms with Gasteiger partial charge in [-0.3, -0.25) is 4.79 Å². The van der Waals surface area contributed by atoms with Crippen molar-refractivity contribution in [2.45, 2.75) is 26.3 Å². The summed E-state index contributed by atoms with van der Waals surface area (Å²) in [7, 11) is 4.32. The number of amides is 1. The summed E-state index contributed by atoms with van der Waals surface area (Å²) >= 11 is 3.31. The maximum absolute atomic E-state index is 12.5. The van der Waals surface area contributed by atoms with Crippen molar-refractivity contribution in [2.75, 3.05) is 21.3 Å². The van der Waals surface area contributed by atoms with Gasteiger partial charge in [0, 0.05) is 0 Å². The molecule has 1 aromatic rings. The van der Waals surface area contributed by atoms with E-state index in [2.05, 4.69) is 21.2 Å². The minimum absolute atomic E-state index is 0.120. The second-order valence-electron chi connectivity index (χ2n) is 5.50. The van der Waals surface area contributed by atoms with Crippen LogP contribution in [0.5, 0.6) is 17.2 Å². The van der Waals surface area contributed by atoms with E-state index < -0.39 is 17.9 Å². The number of rotatable bonds is 8. The molecular weight excluding hydrogens is 382 g/mol. The average molecular weight is 404 g/mol. The van der Waals surface area contributed by atoms with Crippen LogP contribution in [-0.4, -0.2) is 44.4 Å². The number of nitrogens with one attached hydrogen (secondary N) is 1. The maximum atomic E-state index is 12.5. The van der Waals surface area contributed by atoms with E-state index in [1.165, 1.54) is 27.4 Å². The van der Waals surface area contributed by atoms with E-state index in [0.717, 1.165) is 0 Å². The van der Waals surface area contributed by atoms with E-state index in [-0.39, 0.29) is 17.2 Å². The molecule has 1 aromatic carbocycles. The molecule has 0 heterocycles. The first kappa shape index (κ1) is 20.1. The molecule has 24 heavy (non-hydrogen) atoms. The van der Waals surface area contributed by atoms with Gasteiger partial charge in [-0.05, 0) is 34.3 Å². The van der Waals surface area contributed by atoms with Crippen LogP contribution in [0.3, 0.4) is 0 Å². The number of aliphatic carboxylic acids is 1. The molecule has 1 unspecified atom stereocenters. The van der Waals surface area contributed by atoms with Gasteiger partial charge in [-0.2, -0.15) is 0 Å². The Morgan fingerprint density at radius 1 is 1.17 bits per heavy atom. The highest BCUT2D eigenvalue weighted by Gasteiger charge is 2.26. The van der Waals surface area contributed by atoms with Crippen LogP contribution in [0.25, 0.3) is 0 Å². The predicted octanol–water partition coefficient (Wildman–Crippen LogP) is 2.70. The molecule has 7 nitrogen and oxygen atoms in total. The number of hydrogen-bond acceptors (Lipinski definition) is 5. The van der Waals surface area contributed by atoms with Gasteiger partial charge in [0.05, 0.1) is 31.4 Å². The Hall–Kier alpha value is -1.96. The summed E-state index contributed by atoms with van der Waals surface area (Å²) in [5, 5.41) is 11.8. The van der Waals surface area contributed by atoms with Crippen LogP contribution in [0.15, 0.2) is 10.5 Å². The van der Waals surface area contributed by atoms with Crippen LogP contribution in [0.4, 0.5) is 0 Å². The topological polar surface area (TPSA) is 94.1 Å². The summed E-state index contributed by atoms with van der Waals surface area (Å²) in [6.07, 6.45) is 0.323. The molecule has 0 aliphatic carbocycles.